The van der Waals surface area contributed by atoms with Crippen LogP contribution in [0.15, 0.2) is 39.3 Å². The molecule has 3 aliphatic rings. The van der Waals surface area contributed by atoms with E-state index in [-0.39, 0.29) is 0 Å². The van der Waals surface area contributed by atoms with Crippen LogP contribution in [0.4, 0.5) is 0 Å². The molecule has 3 saturated heterocycles. The van der Waals surface area contributed by atoms with E-state index in [4.69, 9.17) is 8.94 Å². The van der Waals surface area contributed by atoms with Crippen LogP contribution < -0.4 is 0 Å². The van der Waals surface area contributed by atoms with Crippen molar-refractivity contribution in [2.45, 2.75) is 45.8 Å². The maximum absolute atomic E-state index is 5.97. The lowest BCUT2D eigenvalue weighted by Crippen LogP contribution is -2.43. The fourth-order valence-corrected chi connectivity index (χ4v) is 4.74. The number of fused-ring (bicyclic) bond motifs is 4. The first-order valence-electron chi connectivity index (χ1n) is 10.4. The molecule has 3 fully saturated rings. The van der Waals surface area contributed by atoms with Crippen LogP contribution in [0.5, 0.6) is 0 Å². The SMILES string of the molecule is Cc1noc(C)c1CN1C[C@H]2CC[C@@H](C1)N(Cc1nnc(-c3ccccc3)o1)C2. The predicted octanol–water partition coefficient (Wildman–Crippen LogP) is 3.44. The standard InChI is InChI=1S/C22H27N5O2/c1-15-20(16(2)29-25-15)13-26-10-17-8-9-19(12-26)27(11-17)14-21-23-24-22(28-21)18-6-4-3-5-7-18/h3-7,17,19H,8-14H2,1-2H3/t17-,19+/m1/s1. The van der Waals surface area contributed by atoms with E-state index in [9.17, 15) is 0 Å². The molecule has 0 aliphatic carbocycles. The Morgan fingerprint density at radius 2 is 1.86 bits per heavy atom. The predicted molar refractivity (Wildman–Crippen MR) is 108 cm³/mol. The monoisotopic (exact) mass is 393 g/mol. The summed E-state index contributed by atoms with van der Waals surface area (Å²) in [5, 5.41) is 12.7. The molecule has 2 aromatic heterocycles. The molecule has 3 aromatic rings. The zero-order chi connectivity index (χ0) is 19.8. The van der Waals surface area contributed by atoms with Gasteiger partial charge in [-0.05, 0) is 44.7 Å². The molecule has 0 saturated carbocycles. The van der Waals surface area contributed by atoms with Gasteiger partial charge in [0.1, 0.15) is 5.76 Å². The van der Waals surface area contributed by atoms with Crippen LogP contribution in [-0.2, 0) is 13.1 Å². The Balaban J connectivity index is 1.28. The molecule has 152 valence electrons. The van der Waals surface area contributed by atoms with E-state index in [1.807, 2.05) is 44.2 Å². The quantitative estimate of drug-likeness (QED) is 0.657. The van der Waals surface area contributed by atoms with Gasteiger partial charge in [-0.3, -0.25) is 9.80 Å². The van der Waals surface area contributed by atoms with Crippen molar-refractivity contribution in [1.82, 2.24) is 25.2 Å². The first-order chi connectivity index (χ1) is 14.2. The van der Waals surface area contributed by atoms with Gasteiger partial charge < -0.3 is 8.94 Å². The maximum Gasteiger partial charge on any atom is 0.247 e. The molecule has 3 aliphatic heterocycles. The smallest absolute Gasteiger partial charge is 0.247 e. The van der Waals surface area contributed by atoms with Crippen LogP contribution >= 0.6 is 0 Å². The average Bonchev–Trinajstić information content (AvgIpc) is 3.20. The molecule has 6 rings (SSSR count). The normalized spacial score (nSPS) is 22.8. The molecule has 0 N–H and O–H groups in total. The molecule has 7 heteroatoms. The summed E-state index contributed by atoms with van der Waals surface area (Å²) >= 11 is 0. The van der Waals surface area contributed by atoms with Crippen LogP contribution in [0.2, 0.25) is 0 Å². The highest BCUT2D eigenvalue weighted by Crippen LogP contribution is 2.31. The average molecular weight is 393 g/mol. The minimum Gasteiger partial charge on any atom is -0.419 e. The number of aryl methyl sites for hydroxylation is 2. The summed E-state index contributed by atoms with van der Waals surface area (Å²) in [7, 11) is 0. The second kappa shape index (κ2) is 7.72. The lowest BCUT2D eigenvalue weighted by molar-refractivity contribution is 0.112. The summed E-state index contributed by atoms with van der Waals surface area (Å²) in [4.78, 5) is 5.10. The molecule has 2 bridgehead atoms. The summed E-state index contributed by atoms with van der Waals surface area (Å²) in [6.07, 6.45) is 2.51. The highest BCUT2D eigenvalue weighted by molar-refractivity contribution is 5.51. The molecule has 0 radical (unpaired) electrons. The van der Waals surface area contributed by atoms with Crippen LogP contribution in [0.25, 0.3) is 11.5 Å². The van der Waals surface area contributed by atoms with Gasteiger partial charge in [-0.25, -0.2) is 0 Å². The lowest BCUT2D eigenvalue weighted by Gasteiger charge is -2.35. The second-order valence-electron chi connectivity index (χ2n) is 8.39. The first-order valence-corrected chi connectivity index (χ1v) is 10.4. The van der Waals surface area contributed by atoms with E-state index in [2.05, 4.69) is 25.2 Å². The summed E-state index contributed by atoms with van der Waals surface area (Å²) < 4.78 is 11.3. The molecular formula is C22H27N5O2. The number of nitrogens with zero attached hydrogens (tertiary/aromatic N) is 5. The van der Waals surface area contributed by atoms with E-state index in [1.54, 1.807) is 0 Å². The topological polar surface area (TPSA) is 71.4 Å². The maximum atomic E-state index is 5.97. The van der Waals surface area contributed by atoms with Gasteiger partial charge >= 0.3 is 0 Å². The Hall–Kier alpha value is -2.51. The molecule has 0 unspecified atom stereocenters. The summed E-state index contributed by atoms with van der Waals surface area (Å²) in [5.74, 6) is 2.91. The van der Waals surface area contributed by atoms with Gasteiger partial charge in [0.05, 0.1) is 12.2 Å². The minimum absolute atomic E-state index is 0.515. The zero-order valence-electron chi connectivity index (χ0n) is 17.0. The van der Waals surface area contributed by atoms with Gasteiger partial charge in [-0.2, -0.15) is 0 Å². The van der Waals surface area contributed by atoms with Gasteiger partial charge in [0.25, 0.3) is 0 Å². The molecule has 29 heavy (non-hydrogen) atoms. The third kappa shape index (κ3) is 3.84. The molecular weight excluding hydrogens is 366 g/mol. The van der Waals surface area contributed by atoms with Gasteiger partial charge in [0.15, 0.2) is 0 Å². The van der Waals surface area contributed by atoms with Crippen molar-refractivity contribution in [3.63, 3.8) is 0 Å². The Morgan fingerprint density at radius 1 is 1.00 bits per heavy atom. The largest absolute Gasteiger partial charge is 0.419 e. The Morgan fingerprint density at radius 3 is 2.66 bits per heavy atom. The number of hydrogen-bond donors (Lipinski definition) is 0. The van der Waals surface area contributed by atoms with Crippen molar-refractivity contribution < 1.29 is 8.94 Å². The van der Waals surface area contributed by atoms with Crippen molar-refractivity contribution >= 4 is 0 Å². The van der Waals surface area contributed by atoms with Crippen LogP contribution in [0.1, 0.15) is 35.7 Å². The number of aromatic nitrogens is 3. The third-order valence-corrected chi connectivity index (χ3v) is 6.29. The molecule has 0 amide bonds. The van der Waals surface area contributed by atoms with E-state index in [0.717, 1.165) is 49.7 Å². The Bertz CT molecular complexity index is 947. The fourth-order valence-electron chi connectivity index (χ4n) is 4.74. The van der Waals surface area contributed by atoms with Crippen LogP contribution in [0, 0.1) is 19.8 Å². The van der Waals surface area contributed by atoms with E-state index < -0.39 is 0 Å². The van der Waals surface area contributed by atoms with Crippen LogP contribution in [0.3, 0.4) is 0 Å². The first kappa shape index (κ1) is 18.5. The van der Waals surface area contributed by atoms with Crippen molar-refractivity contribution in [3.05, 3.63) is 53.2 Å². The van der Waals surface area contributed by atoms with Gasteiger partial charge in [-0.15, -0.1) is 10.2 Å². The van der Waals surface area contributed by atoms with Gasteiger partial charge in [0.2, 0.25) is 11.8 Å². The van der Waals surface area contributed by atoms with E-state index in [1.165, 1.54) is 18.4 Å². The fraction of sp³-hybridized carbons (Fsp3) is 0.500. The molecule has 1 aromatic carbocycles. The van der Waals surface area contributed by atoms with Crippen LogP contribution in [-0.4, -0.2) is 50.8 Å². The van der Waals surface area contributed by atoms with Gasteiger partial charge in [-0.1, -0.05) is 23.4 Å². The zero-order valence-corrected chi connectivity index (χ0v) is 17.0. The lowest BCUT2D eigenvalue weighted by atomic mass is 9.95. The molecule has 2 atom stereocenters. The third-order valence-electron chi connectivity index (χ3n) is 6.29. The summed E-state index contributed by atoms with van der Waals surface area (Å²) in [6.45, 7) is 8.95. The van der Waals surface area contributed by atoms with E-state index in [0.29, 0.717) is 23.7 Å². The van der Waals surface area contributed by atoms with Crippen molar-refractivity contribution in [1.29, 1.82) is 0 Å². The van der Waals surface area contributed by atoms with Gasteiger partial charge in [0, 0.05) is 43.3 Å². The number of hydrogen-bond acceptors (Lipinski definition) is 7. The van der Waals surface area contributed by atoms with E-state index >= 15 is 0 Å². The molecule has 7 nitrogen and oxygen atoms in total. The highest BCUT2D eigenvalue weighted by atomic mass is 16.5. The van der Waals surface area contributed by atoms with Crippen molar-refractivity contribution in [2.75, 3.05) is 19.6 Å². The second-order valence-corrected chi connectivity index (χ2v) is 8.39. The molecule has 5 heterocycles. The molecule has 0 spiro atoms. The Kier molecular flexibility index (Phi) is 4.93. The van der Waals surface area contributed by atoms with Crippen molar-refractivity contribution in [3.8, 4) is 11.5 Å². The summed E-state index contributed by atoms with van der Waals surface area (Å²) in [5.41, 5.74) is 3.21. The Labute approximate surface area is 170 Å². The van der Waals surface area contributed by atoms with Crippen molar-refractivity contribution in [2.24, 2.45) is 5.92 Å². The number of benzene rings is 1. The summed E-state index contributed by atoms with van der Waals surface area (Å²) in [6, 6.07) is 10.5. The number of piperidine rings is 1. The highest BCUT2D eigenvalue weighted by Gasteiger charge is 2.35. The number of rotatable bonds is 5. The minimum atomic E-state index is 0.515.